The van der Waals surface area contributed by atoms with Gasteiger partial charge in [-0.15, -0.1) is 0 Å². The first-order valence-corrected chi connectivity index (χ1v) is 6.33. The minimum atomic E-state index is 0.0431. The standard InChI is InChI=1S/C13H25N5/c1-13(2,3)18(5)12-9-11(15-10-16-12)17(4)8-6-7-14/h9-10H,6-8,14H2,1-5H3. The Hall–Kier alpha value is -1.36. The molecule has 0 saturated heterocycles. The first kappa shape index (κ1) is 14.7. The fourth-order valence-corrected chi connectivity index (χ4v) is 1.52. The van der Waals surface area contributed by atoms with E-state index in [0.29, 0.717) is 6.54 Å². The summed E-state index contributed by atoms with van der Waals surface area (Å²) in [5.41, 5.74) is 5.57. The third-order valence-corrected chi connectivity index (χ3v) is 3.08. The van der Waals surface area contributed by atoms with E-state index in [2.05, 4.69) is 40.5 Å². The quantitative estimate of drug-likeness (QED) is 0.859. The van der Waals surface area contributed by atoms with Crippen molar-refractivity contribution in [2.24, 2.45) is 5.73 Å². The largest absolute Gasteiger partial charge is 0.359 e. The van der Waals surface area contributed by atoms with E-state index in [0.717, 1.165) is 24.6 Å². The van der Waals surface area contributed by atoms with Crippen LogP contribution in [0.15, 0.2) is 12.4 Å². The van der Waals surface area contributed by atoms with Crippen LogP contribution >= 0.6 is 0 Å². The highest BCUT2D eigenvalue weighted by molar-refractivity contribution is 5.50. The molecule has 0 spiro atoms. The molecule has 0 aliphatic carbocycles. The predicted molar refractivity (Wildman–Crippen MR) is 77.1 cm³/mol. The summed E-state index contributed by atoms with van der Waals surface area (Å²) in [6.45, 7) is 8.09. The van der Waals surface area contributed by atoms with Gasteiger partial charge in [-0.25, -0.2) is 9.97 Å². The SMILES string of the molecule is CN(CCCN)c1cc(N(C)C(C)(C)C)ncn1. The van der Waals surface area contributed by atoms with Crippen molar-refractivity contribution >= 4 is 11.6 Å². The van der Waals surface area contributed by atoms with Crippen LogP contribution in [0.5, 0.6) is 0 Å². The Kier molecular flexibility index (Phi) is 4.90. The highest BCUT2D eigenvalue weighted by atomic mass is 15.2. The van der Waals surface area contributed by atoms with Gasteiger partial charge in [0.1, 0.15) is 18.0 Å². The van der Waals surface area contributed by atoms with Crippen LogP contribution in [0.4, 0.5) is 11.6 Å². The van der Waals surface area contributed by atoms with Crippen LogP contribution in [-0.2, 0) is 0 Å². The highest BCUT2D eigenvalue weighted by Crippen LogP contribution is 2.22. The molecular weight excluding hydrogens is 226 g/mol. The zero-order chi connectivity index (χ0) is 13.8. The molecule has 0 aromatic carbocycles. The third kappa shape index (κ3) is 3.84. The topological polar surface area (TPSA) is 58.3 Å². The summed E-state index contributed by atoms with van der Waals surface area (Å²) in [6.07, 6.45) is 2.58. The molecule has 18 heavy (non-hydrogen) atoms. The molecule has 0 fully saturated rings. The van der Waals surface area contributed by atoms with Crippen molar-refractivity contribution < 1.29 is 0 Å². The predicted octanol–water partition coefficient (Wildman–Crippen LogP) is 1.50. The second-order valence-electron chi connectivity index (χ2n) is 5.53. The summed E-state index contributed by atoms with van der Waals surface area (Å²) in [6, 6.07) is 2.02. The number of hydrogen-bond donors (Lipinski definition) is 1. The van der Waals surface area contributed by atoms with Crippen molar-refractivity contribution in [2.45, 2.75) is 32.7 Å². The normalized spacial score (nSPS) is 11.4. The van der Waals surface area contributed by atoms with Crippen LogP contribution in [0.3, 0.4) is 0 Å². The Labute approximate surface area is 110 Å². The maximum Gasteiger partial charge on any atom is 0.134 e. The van der Waals surface area contributed by atoms with Gasteiger partial charge in [0.2, 0.25) is 0 Å². The van der Waals surface area contributed by atoms with Crippen molar-refractivity contribution in [3.63, 3.8) is 0 Å². The van der Waals surface area contributed by atoms with Crippen LogP contribution in [0, 0.1) is 0 Å². The lowest BCUT2D eigenvalue weighted by Gasteiger charge is -2.33. The molecule has 5 heteroatoms. The number of nitrogens with two attached hydrogens (primary N) is 1. The second kappa shape index (κ2) is 6.00. The van der Waals surface area contributed by atoms with Gasteiger partial charge in [0.05, 0.1) is 0 Å². The Morgan fingerprint density at radius 1 is 1.17 bits per heavy atom. The molecule has 0 aliphatic heterocycles. The Morgan fingerprint density at radius 2 is 1.78 bits per heavy atom. The van der Waals surface area contributed by atoms with Gasteiger partial charge >= 0.3 is 0 Å². The summed E-state index contributed by atoms with van der Waals surface area (Å²) < 4.78 is 0. The average Bonchev–Trinajstić information content (AvgIpc) is 2.34. The maximum absolute atomic E-state index is 5.52. The lowest BCUT2D eigenvalue weighted by Crippen LogP contribution is -2.38. The summed E-state index contributed by atoms with van der Waals surface area (Å²) in [7, 11) is 4.07. The lowest BCUT2D eigenvalue weighted by atomic mass is 10.1. The molecule has 1 heterocycles. The van der Waals surface area contributed by atoms with Gasteiger partial charge < -0.3 is 15.5 Å². The van der Waals surface area contributed by atoms with Crippen LogP contribution in [0.25, 0.3) is 0 Å². The smallest absolute Gasteiger partial charge is 0.134 e. The van der Waals surface area contributed by atoms with Crippen molar-refractivity contribution in [2.75, 3.05) is 37.0 Å². The zero-order valence-electron chi connectivity index (χ0n) is 12.1. The first-order valence-electron chi connectivity index (χ1n) is 6.33. The Balaban J connectivity index is 2.85. The molecule has 1 rings (SSSR count). The molecule has 2 N–H and O–H groups in total. The number of aromatic nitrogens is 2. The molecule has 1 aromatic rings. The van der Waals surface area contributed by atoms with E-state index >= 15 is 0 Å². The molecule has 0 bridgehead atoms. The minimum Gasteiger partial charge on any atom is -0.359 e. The van der Waals surface area contributed by atoms with E-state index in [4.69, 9.17) is 5.73 Å². The molecule has 1 aromatic heterocycles. The summed E-state index contributed by atoms with van der Waals surface area (Å²) in [5, 5.41) is 0. The monoisotopic (exact) mass is 251 g/mol. The van der Waals surface area contributed by atoms with Crippen molar-refractivity contribution in [1.82, 2.24) is 9.97 Å². The Morgan fingerprint density at radius 3 is 2.33 bits per heavy atom. The molecule has 5 nitrogen and oxygen atoms in total. The van der Waals surface area contributed by atoms with Gasteiger partial charge in [-0.3, -0.25) is 0 Å². The summed E-state index contributed by atoms with van der Waals surface area (Å²) >= 11 is 0. The molecule has 0 radical (unpaired) electrons. The minimum absolute atomic E-state index is 0.0431. The van der Waals surface area contributed by atoms with Crippen LogP contribution < -0.4 is 15.5 Å². The third-order valence-electron chi connectivity index (χ3n) is 3.08. The van der Waals surface area contributed by atoms with Gasteiger partial charge in [0.25, 0.3) is 0 Å². The van der Waals surface area contributed by atoms with Gasteiger partial charge in [0, 0.05) is 32.2 Å². The molecule has 0 unspecified atom stereocenters. The fraction of sp³-hybridized carbons (Fsp3) is 0.692. The Bertz CT molecular complexity index is 372. The number of nitrogens with zero attached hydrogens (tertiary/aromatic N) is 4. The maximum atomic E-state index is 5.52. The van der Waals surface area contributed by atoms with Crippen molar-refractivity contribution in [3.8, 4) is 0 Å². The molecule has 102 valence electrons. The van der Waals surface area contributed by atoms with E-state index in [9.17, 15) is 0 Å². The molecule has 0 aliphatic rings. The van der Waals surface area contributed by atoms with E-state index in [1.54, 1.807) is 6.33 Å². The van der Waals surface area contributed by atoms with Gasteiger partial charge in [-0.2, -0.15) is 0 Å². The summed E-state index contributed by atoms with van der Waals surface area (Å²) in [4.78, 5) is 12.9. The highest BCUT2D eigenvalue weighted by Gasteiger charge is 2.19. The van der Waals surface area contributed by atoms with Gasteiger partial charge in [0.15, 0.2) is 0 Å². The molecule has 0 saturated carbocycles. The molecule has 0 atom stereocenters. The molecule has 0 amide bonds. The number of rotatable bonds is 5. The average molecular weight is 251 g/mol. The van der Waals surface area contributed by atoms with E-state index in [1.165, 1.54) is 0 Å². The second-order valence-corrected chi connectivity index (χ2v) is 5.53. The van der Waals surface area contributed by atoms with E-state index in [1.807, 2.05) is 20.2 Å². The van der Waals surface area contributed by atoms with Crippen molar-refractivity contribution in [3.05, 3.63) is 12.4 Å². The van der Waals surface area contributed by atoms with Crippen LogP contribution in [-0.4, -0.2) is 42.7 Å². The van der Waals surface area contributed by atoms with Crippen molar-refractivity contribution in [1.29, 1.82) is 0 Å². The molecular formula is C13H25N5. The first-order chi connectivity index (χ1) is 8.36. The lowest BCUT2D eigenvalue weighted by molar-refractivity contribution is 0.533. The zero-order valence-corrected chi connectivity index (χ0v) is 12.1. The fourth-order valence-electron chi connectivity index (χ4n) is 1.52. The summed E-state index contributed by atoms with van der Waals surface area (Å²) in [5.74, 6) is 1.87. The van der Waals surface area contributed by atoms with E-state index < -0.39 is 0 Å². The van der Waals surface area contributed by atoms with Gasteiger partial charge in [-0.05, 0) is 33.7 Å². The number of anilines is 2. The van der Waals surface area contributed by atoms with E-state index in [-0.39, 0.29) is 5.54 Å². The van der Waals surface area contributed by atoms with Crippen LogP contribution in [0.2, 0.25) is 0 Å². The van der Waals surface area contributed by atoms with Gasteiger partial charge in [-0.1, -0.05) is 0 Å². The van der Waals surface area contributed by atoms with Crippen LogP contribution in [0.1, 0.15) is 27.2 Å². The number of hydrogen-bond acceptors (Lipinski definition) is 5.